The number of hydrogen-bond acceptors (Lipinski definition) is 3. The van der Waals surface area contributed by atoms with Crippen LogP contribution in [0, 0.1) is 0 Å². The van der Waals surface area contributed by atoms with Crippen molar-refractivity contribution in [2.24, 2.45) is 4.99 Å². The number of benzene rings is 1. The van der Waals surface area contributed by atoms with E-state index in [4.69, 9.17) is 4.74 Å². The van der Waals surface area contributed by atoms with Crippen LogP contribution in [0.5, 0.6) is 5.75 Å². The van der Waals surface area contributed by atoms with Gasteiger partial charge in [0, 0.05) is 6.20 Å². The fraction of sp³-hybridized carbons (Fsp3) is 0.125. The van der Waals surface area contributed by atoms with E-state index < -0.39 is 5.91 Å². The first kappa shape index (κ1) is 14.6. The lowest BCUT2D eigenvalue weighted by molar-refractivity contribution is 0.0984. The molecule has 21 heavy (non-hydrogen) atoms. The zero-order valence-electron chi connectivity index (χ0n) is 11.5. The Morgan fingerprint density at radius 2 is 2.05 bits per heavy atom. The van der Waals surface area contributed by atoms with Crippen LogP contribution in [0.4, 0.5) is 0 Å². The molecule has 1 heterocycles. The quantitative estimate of drug-likeness (QED) is 0.521. The first-order valence-corrected chi connectivity index (χ1v) is 6.51. The largest absolute Gasteiger partial charge is 0.492 e. The molecule has 0 saturated heterocycles. The number of para-hydroxylation sites is 1. The molecule has 0 bridgehead atoms. The molecule has 0 atom stereocenters. The Labute approximate surface area is 122 Å². The van der Waals surface area contributed by atoms with Crippen molar-refractivity contribution in [1.29, 1.82) is 0 Å². The summed E-state index contributed by atoms with van der Waals surface area (Å²) in [5.74, 6) is -0.00766. The van der Waals surface area contributed by atoms with Crippen molar-refractivity contribution >= 4 is 5.91 Å². The summed E-state index contributed by atoms with van der Waals surface area (Å²) in [6.07, 6.45) is 3.83. The topological polar surface area (TPSA) is 63.8 Å². The van der Waals surface area contributed by atoms with Crippen LogP contribution in [0.3, 0.4) is 0 Å². The SMILES string of the molecule is C=CCCOc1ccccc1C(=O)N=c1ccccn1O. The molecule has 0 radical (unpaired) electrons. The molecule has 5 nitrogen and oxygen atoms in total. The Hall–Kier alpha value is -2.82. The van der Waals surface area contributed by atoms with Crippen molar-refractivity contribution in [3.8, 4) is 5.75 Å². The van der Waals surface area contributed by atoms with E-state index in [1.165, 1.54) is 6.20 Å². The van der Waals surface area contributed by atoms with Crippen molar-refractivity contribution in [3.05, 3.63) is 72.4 Å². The third-order valence-electron chi connectivity index (χ3n) is 2.73. The number of amides is 1. The van der Waals surface area contributed by atoms with Crippen LogP contribution in [0.2, 0.25) is 0 Å². The molecule has 0 unspecified atom stereocenters. The van der Waals surface area contributed by atoms with Crippen LogP contribution in [0.1, 0.15) is 16.8 Å². The molecule has 2 rings (SSSR count). The van der Waals surface area contributed by atoms with Crippen molar-refractivity contribution in [2.45, 2.75) is 6.42 Å². The lowest BCUT2D eigenvalue weighted by atomic mass is 10.2. The van der Waals surface area contributed by atoms with Gasteiger partial charge in [0.25, 0.3) is 5.91 Å². The van der Waals surface area contributed by atoms with Crippen molar-refractivity contribution < 1.29 is 14.7 Å². The average molecular weight is 284 g/mol. The summed E-state index contributed by atoms with van der Waals surface area (Å²) < 4.78 is 6.34. The number of ether oxygens (including phenoxy) is 1. The molecule has 1 amide bonds. The van der Waals surface area contributed by atoms with Crippen LogP contribution in [0.15, 0.2) is 66.3 Å². The maximum Gasteiger partial charge on any atom is 0.282 e. The molecule has 0 aliphatic rings. The minimum atomic E-state index is -0.474. The van der Waals surface area contributed by atoms with E-state index >= 15 is 0 Å². The predicted octanol–water partition coefficient (Wildman–Crippen LogP) is 2.42. The van der Waals surface area contributed by atoms with Crippen LogP contribution >= 0.6 is 0 Å². The molecule has 1 aromatic carbocycles. The fourth-order valence-corrected chi connectivity index (χ4v) is 1.70. The normalized spacial score (nSPS) is 11.1. The van der Waals surface area contributed by atoms with E-state index in [2.05, 4.69) is 11.6 Å². The molecular formula is C16H16N2O3. The Kier molecular flexibility index (Phi) is 4.93. The molecule has 0 aliphatic heterocycles. The van der Waals surface area contributed by atoms with Crippen molar-refractivity contribution in [2.75, 3.05) is 6.61 Å². The minimum absolute atomic E-state index is 0.156. The highest BCUT2D eigenvalue weighted by atomic mass is 16.5. The van der Waals surface area contributed by atoms with Gasteiger partial charge in [0.05, 0.1) is 12.2 Å². The molecular weight excluding hydrogens is 268 g/mol. The summed E-state index contributed by atoms with van der Waals surface area (Å²) >= 11 is 0. The zero-order chi connectivity index (χ0) is 15.1. The van der Waals surface area contributed by atoms with Gasteiger partial charge in [0.2, 0.25) is 0 Å². The number of carbonyl (C=O) groups excluding carboxylic acids is 1. The third-order valence-corrected chi connectivity index (χ3v) is 2.73. The van der Waals surface area contributed by atoms with Gasteiger partial charge in [-0.1, -0.05) is 24.3 Å². The van der Waals surface area contributed by atoms with E-state index in [9.17, 15) is 10.0 Å². The highest BCUT2D eigenvalue weighted by Gasteiger charge is 2.11. The van der Waals surface area contributed by atoms with E-state index in [1.54, 1.807) is 48.5 Å². The lowest BCUT2D eigenvalue weighted by Crippen LogP contribution is -2.19. The van der Waals surface area contributed by atoms with E-state index in [0.29, 0.717) is 24.3 Å². The van der Waals surface area contributed by atoms with E-state index in [1.807, 2.05) is 0 Å². The molecule has 0 spiro atoms. The Morgan fingerprint density at radius 3 is 2.81 bits per heavy atom. The molecule has 1 aromatic heterocycles. The summed E-state index contributed by atoms with van der Waals surface area (Å²) in [5.41, 5.74) is 0.508. The van der Waals surface area contributed by atoms with Gasteiger partial charge in [-0.2, -0.15) is 9.72 Å². The third kappa shape index (κ3) is 3.82. The first-order chi connectivity index (χ1) is 10.2. The number of aromatic nitrogens is 1. The van der Waals surface area contributed by atoms with Gasteiger partial charge in [-0.3, -0.25) is 4.79 Å². The second-order valence-electron chi connectivity index (χ2n) is 4.24. The highest BCUT2D eigenvalue weighted by Crippen LogP contribution is 2.19. The van der Waals surface area contributed by atoms with Gasteiger partial charge in [-0.05, 0) is 30.7 Å². The van der Waals surface area contributed by atoms with Gasteiger partial charge in [0.1, 0.15) is 5.75 Å². The van der Waals surface area contributed by atoms with Gasteiger partial charge >= 0.3 is 0 Å². The zero-order valence-corrected chi connectivity index (χ0v) is 11.5. The summed E-state index contributed by atoms with van der Waals surface area (Å²) in [5, 5.41) is 9.58. The standard InChI is InChI=1S/C16H16N2O3/c1-2-3-12-21-14-9-5-4-8-13(14)16(19)17-15-10-6-7-11-18(15)20/h2,4-11,20H,1,3,12H2. The average Bonchev–Trinajstić information content (AvgIpc) is 2.50. The van der Waals surface area contributed by atoms with Crippen LogP contribution in [-0.2, 0) is 0 Å². The van der Waals surface area contributed by atoms with Gasteiger partial charge in [-0.25, -0.2) is 0 Å². The second kappa shape index (κ2) is 7.09. The summed E-state index contributed by atoms with van der Waals surface area (Å²) in [7, 11) is 0. The first-order valence-electron chi connectivity index (χ1n) is 6.51. The fourth-order valence-electron chi connectivity index (χ4n) is 1.70. The van der Waals surface area contributed by atoms with Crippen LogP contribution < -0.4 is 10.2 Å². The second-order valence-corrected chi connectivity index (χ2v) is 4.24. The minimum Gasteiger partial charge on any atom is -0.492 e. The Balaban J connectivity index is 2.29. The van der Waals surface area contributed by atoms with Crippen LogP contribution in [0.25, 0.3) is 0 Å². The summed E-state index contributed by atoms with van der Waals surface area (Å²) in [6, 6.07) is 11.7. The summed E-state index contributed by atoms with van der Waals surface area (Å²) in [4.78, 5) is 16.1. The van der Waals surface area contributed by atoms with Crippen molar-refractivity contribution in [1.82, 2.24) is 4.73 Å². The van der Waals surface area contributed by atoms with Gasteiger partial charge in [-0.15, -0.1) is 6.58 Å². The molecule has 0 fully saturated rings. The van der Waals surface area contributed by atoms with E-state index in [0.717, 1.165) is 4.73 Å². The molecule has 5 heteroatoms. The molecule has 2 aromatic rings. The monoisotopic (exact) mass is 284 g/mol. The number of carbonyl (C=O) groups is 1. The van der Waals surface area contributed by atoms with Gasteiger partial charge in [0.15, 0.2) is 5.49 Å². The smallest absolute Gasteiger partial charge is 0.282 e. The molecule has 108 valence electrons. The lowest BCUT2D eigenvalue weighted by Gasteiger charge is -2.08. The number of hydrogen-bond donors (Lipinski definition) is 1. The van der Waals surface area contributed by atoms with Crippen LogP contribution in [-0.4, -0.2) is 22.5 Å². The molecule has 1 N–H and O–H groups in total. The summed E-state index contributed by atoms with van der Waals surface area (Å²) in [6.45, 7) is 4.06. The highest BCUT2D eigenvalue weighted by molar-refractivity contribution is 5.97. The van der Waals surface area contributed by atoms with Gasteiger partial charge < -0.3 is 9.94 Å². The maximum atomic E-state index is 12.2. The number of rotatable bonds is 5. The predicted molar refractivity (Wildman–Crippen MR) is 78.3 cm³/mol. The van der Waals surface area contributed by atoms with E-state index in [-0.39, 0.29) is 5.49 Å². The van der Waals surface area contributed by atoms with Crippen molar-refractivity contribution in [3.63, 3.8) is 0 Å². The number of nitrogens with zero attached hydrogens (tertiary/aromatic N) is 2. The Bertz CT molecular complexity index is 704. The molecule has 0 aliphatic carbocycles. The Morgan fingerprint density at radius 1 is 1.29 bits per heavy atom. The number of pyridine rings is 1. The maximum absolute atomic E-state index is 12.2. The molecule has 0 saturated carbocycles.